The molecule has 1 heteroatoms. The summed E-state index contributed by atoms with van der Waals surface area (Å²) in [5.41, 5.74) is 2.55. The van der Waals surface area contributed by atoms with Crippen molar-refractivity contribution in [3.8, 4) is 0 Å². The Bertz CT molecular complexity index is 410. The molecule has 16 heavy (non-hydrogen) atoms. The van der Waals surface area contributed by atoms with Gasteiger partial charge in [0.2, 0.25) is 0 Å². The molecule has 0 amide bonds. The van der Waals surface area contributed by atoms with Crippen LogP contribution < -0.4 is 0 Å². The molecule has 1 unspecified atom stereocenters. The molecule has 4 aliphatic rings. The van der Waals surface area contributed by atoms with E-state index in [1.54, 1.807) is 0 Å². The van der Waals surface area contributed by atoms with Crippen LogP contribution in [0.4, 0.5) is 0 Å². The van der Waals surface area contributed by atoms with Crippen molar-refractivity contribution in [3.63, 3.8) is 0 Å². The van der Waals surface area contributed by atoms with E-state index >= 15 is 0 Å². The number of aliphatic hydroxyl groups excluding tert-OH is 1. The van der Waals surface area contributed by atoms with Crippen LogP contribution in [0.1, 0.15) is 40.0 Å². The zero-order valence-corrected chi connectivity index (χ0v) is 10.6. The van der Waals surface area contributed by atoms with Gasteiger partial charge in [-0.25, -0.2) is 0 Å². The lowest BCUT2D eigenvalue weighted by atomic mass is 9.74. The summed E-state index contributed by atoms with van der Waals surface area (Å²) < 4.78 is 0. The Balaban J connectivity index is 1.85. The molecule has 0 aromatic carbocycles. The average molecular weight is 218 g/mol. The van der Waals surface area contributed by atoms with Gasteiger partial charge in [0.05, 0.1) is 6.10 Å². The summed E-state index contributed by atoms with van der Waals surface area (Å²) in [5.74, 6) is 2.49. The molecule has 88 valence electrons. The van der Waals surface area contributed by atoms with Crippen molar-refractivity contribution in [2.45, 2.75) is 46.1 Å². The first-order chi connectivity index (χ1) is 7.38. The fraction of sp³-hybridized carbons (Fsp3) is 0.867. The molecule has 0 radical (unpaired) electrons. The molecular weight excluding hydrogens is 196 g/mol. The van der Waals surface area contributed by atoms with Gasteiger partial charge in [-0.3, -0.25) is 0 Å². The van der Waals surface area contributed by atoms with Gasteiger partial charge in [0.1, 0.15) is 0 Å². The predicted octanol–water partition coefficient (Wildman–Crippen LogP) is 3.00. The second-order valence-corrected chi connectivity index (χ2v) is 7.56. The lowest BCUT2D eigenvalue weighted by Gasteiger charge is -2.31. The van der Waals surface area contributed by atoms with Crippen molar-refractivity contribution in [1.82, 2.24) is 0 Å². The van der Waals surface area contributed by atoms with Crippen LogP contribution in [0.2, 0.25) is 0 Å². The second kappa shape index (κ2) is 2.16. The van der Waals surface area contributed by atoms with Gasteiger partial charge < -0.3 is 5.11 Å². The summed E-state index contributed by atoms with van der Waals surface area (Å²) in [4.78, 5) is 0. The molecule has 1 spiro atoms. The van der Waals surface area contributed by atoms with E-state index in [1.807, 2.05) is 0 Å². The molecule has 0 saturated heterocycles. The van der Waals surface area contributed by atoms with E-state index < -0.39 is 0 Å². The van der Waals surface area contributed by atoms with Crippen LogP contribution in [0.25, 0.3) is 0 Å². The minimum absolute atomic E-state index is 0.201. The quantitative estimate of drug-likeness (QED) is 0.620. The van der Waals surface area contributed by atoms with E-state index in [4.69, 9.17) is 0 Å². The predicted molar refractivity (Wildman–Crippen MR) is 63.8 cm³/mol. The minimum Gasteiger partial charge on any atom is -0.389 e. The maximum absolute atomic E-state index is 10.1. The van der Waals surface area contributed by atoms with E-state index in [1.165, 1.54) is 18.4 Å². The Kier molecular flexibility index (Phi) is 1.31. The largest absolute Gasteiger partial charge is 0.389 e. The monoisotopic (exact) mass is 218 g/mol. The standard InChI is InChI=1S/C15H22O/c1-8-10(16)7-11-14(4)6-5-9-12(13(9,2)3)15(8,11)14/h9-12,16H,1,5-7H2,2-4H3/t9-,10-,11-,12+,14-,15?/m0/s1. The maximum atomic E-state index is 10.1. The van der Waals surface area contributed by atoms with Crippen LogP contribution in [0, 0.1) is 34.0 Å². The summed E-state index contributed by atoms with van der Waals surface area (Å²) in [7, 11) is 0. The Morgan fingerprint density at radius 1 is 1.31 bits per heavy atom. The van der Waals surface area contributed by atoms with E-state index in [0.717, 1.165) is 24.2 Å². The van der Waals surface area contributed by atoms with E-state index in [9.17, 15) is 5.11 Å². The van der Waals surface area contributed by atoms with Gasteiger partial charge in [0, 0.05) is 5.41 Å². The highest BCUT2D eigenvalue weighted by Gasteiger charge is 2.89. The number of rotatable bonds is 0. The van der Waals surface area contributed by atoms with Crippen LogP contribution >= 0.6 is 0 Å². The Morgan fingerprint density at radius 2 is 2.00 bits per heavy atom. The van der Waals surface area contributed by atoms with Crippen molar-refractivity contribution in [3.05, 3.63) is 12.2 Å². The van der Waals surface area contributed by atoms with Crippen LogP contribution in [-0.4, -0.2) is 11.2 Å². The first kappa shape index (κ1) is 9.70. The van der Waals surface area contributed by atoms with Gasteiger partial charge in [-0.2, -0.15) is 0 Å². The zero-order chi connectivity index (χ0) is 11.5. The Labute approximate surface area is 97.9 Å². The molecule has 1 N–H and O–H groups in total. The highest BCUT2D eigenvalue weighted by molar-refractivity contribution is 5.47. The molecule has 4 saturated carbocycles. The zero-order valence-electron chi connectivity index (χ0n) is 10.6. The minimum atomic E-state index is -0.201. The van der Waals surface area contributed by atoms with Gasteiger partial charge >= 0.3 is 0 Å². The van der Waals surface area contributed by atoms with Crippen LogP contribution in [0.5, 0.6) is 0 Å². The first-order valence-corrected chi connectivity index (χ1v) is 6.76. The van der Waals surface area contributed by atoms with Crippen molar-refractivity contribution >= 4 is 0 Å². The smallest absolute Gasteiger partial charge is 0.0756 e. The summed E-state index contributed by atoms with van der Waals surface area (Å²) in [5, 5.41) is 10.1. The molecule has 0 heterocycles. The number of hydrogen-bond acceptors (Lipinski definition) is 1. The average Bonchev–Trinajstić information content (AvgIpc) is 2.91. The van der Waals surface area contributed by atoms with Crippen molar-refractivity contribution in [2.75, 3.05) is 0 Å². The lowest BCUT2D eigenvalue weighted by molar-refractivity contribution is 0.163. The SMILES string of the molecule is C=C1[C@@H](O)C[C@@H]2C13[C@@H]1[C@H](CC[C@@]23C)C1(C)C. The fourth-order valence-corrected chi connectivity index (χ4v) is 6.28. The van der Waals surface area contributed by atoms with Gasteiger partial charge in [0.15, 0.2) is 0 Å². The van der Waals surface area contributed by atoms with Crippen LogP contribution in [0.3, 0.4) is 0 Å². The van der Waals surface area contributed by atoms with Crippen LogP contribution in [0.15, 0.2) is 12.2 Å². The third-order valence-corrected chi connectivity index (χ3v) is 7.09. The van der Waals surface area contributed by atoms with Crippen molar-refractivity contribution < 1.29 is 5.11 Å². The van der Waals surface area contributed by atoms with Gasteiger partial charge in [-0.1, -0.05) is 27.4 Å². The molecule has 0 aliphatic heterocycles. The molecule has 1 nitrogen and oxygen atoms in total. The van der Waals surface area contributed by atoms with E-state index in [2.05, 4.69) is 27.4 Å². The Morgan fingerprint density at radius 3 is 2.69 bits per heavy atom. The summed E-state index contributed by atoms with van der Waals surface area (Å²) in [6, 6.07) is 0. The molecular formula is C15H22O. The highest BCUT2D eigenvalue weighted by Crippen LogP contribution is 2.93. The van der Waals surface area contributed by atoms with E-state index in [-0.39, 0.29) is 6.10 Å². The van der Waals surface area contributed by atoms with Crippen LogP contribution in [-0.2, 0) is 0 Å². The third-order valence-electron chi connectivity index (χ3n) is 7.09. The second-order valence-electron chi connectivity index (χ2n) is 7.56. The van der Waals surface area contributed by atoms with Crippen molar-refractivity contribution in [2.24, 2.45) is 34.0 Å². The molecule has 0 bridgehead atoms. The lowest BCUT2D eigenvalue weighted by Crippen LogP contribution is -2.26. The van der Waals surface area contributed by atoms with Gasteiger partial charge in [-0.15, -0.1) is 0 Å². The van der Waals surface area contributed by atoms with Gasteiger partial charge in [0.25, 0.3) is 0 Å². The first-order valence-electron chi connectivity index (χ1n) is 6.76. The van der Waals surface area contributed by atoms with E-state index in [0.29, 0.717) is 16.2 Å². The molecule has 6 atom stereocenters. The van der Waals surface area contributed by atoms with Gasteiger partial charge in [-0.05, 0) is 53.4 Å². The Hall–Kier alpha value is -0.300. The number of hydrogen-bond donors (Lipinski definition) is 1. The fourth-order valence-electron chi connectivity index (χ4n) is 6.28. The normalized spacial score (nSPS) is 64.6. The number of fused-ring (bicyclic) bond motifs is 2. The summed E-state index contributed by atoms with van der Waals surface area (Å²) in [6.45, 7) is 11.6. The molecule has 4 rings (SSSR count). The molecule has 4 fully saturated rings. The van der Waals surface area contributed by atoms with Crippen molar-refractivity contribution in [1.29, 1.82) is 0 Å². The number of aliphatic hydroxyl groups is 1. The summed E-state index contributed by atoms with van der Waals surface area (Å²) >= 11 is 0. The third kappa shape index (κ3) is 0.641. The highest BCUT2D eigenvalue weighted by atomic mass is 16.3. The molecule has 0 aromatic heterocycles. The molecule has 4 aliphatic carbocycles. The topological polar surface area (TPSA) is 20.2 Å². The molecule has 0 aromatic rings. The summed E-state index contributed by atoms with van der Waals surface area (Å²) in [6.07, 6.45) is 3.58. The maximum Gasteiger partial charge on any atom is 0.0756 e.